The average molecular weight is 312 g/mol. The van der Waals surface area contributed by atoms with Gasteiger partial charge >= 0.3 is 0 Å². The van der Waals surface area contributed by atoms with Crippen molar-refractivity contribution in [2.75, 3.05) is 0 Å². The molecule has 0 fully saturated rings. The van der Waals surface area contributed by atoms with E-state index in [4.69, 9.17) is 9.78 Å². The first kappa shape index (κ1) is 17.4. The number of benzene rings is 2. The Labute approximate surface area is 140 Å². The quantitative estimate of drug-likeness (QED) is 0.273. The minimum Gasteiger partial charge on any atom is -0.290 e. The second kappa shape index (κ2) is 10.7. The third-order valence-electron chi connectivity index (χ3n) is 3.99. The highest BCUT2D eigenvalue weighted by molar-refractivity contribution is 5.33. The van der Waals surface area contributed by atoms with Crippen molar-refractivity contribution >= 4 is 0 Å². The predicted molar refractivity (Wildman–Crippen MR) is 95.8 cm³/mol. The Morgan fingerprint density at radius 1 is 0.652 bits per heavy atom. The van der Waals surface area contributed by atoms with Crippen LogP contribution in [0, 0.1) is 0 Å². The molecule has 0 saturated heterocycles. The van der Waals surface area contributed by atoms with E-state index in [0.29, 0.717) is 0 Å². The summed E-state index contributed by atoms with van der Waals surface area (Å²) < 4.78 is 0. The van der Waals surface area contributed by atoms with E-state index in [2.05, 4.69) is 19.1 Å². The molecule has 0 aromatic heterocycles. The maximum absolute atomic E-state index is 5.53. The fourth-order valence-electron chi connectivity index (χ4n) is 2.63. The second-order valence-electron chi connectivity index (χ2n) is 5.96. The van der Waals surface area contributed by atoms with Gasteiger partial charge in [0, 0.05) is 0 Å². The standard InChI is InChI=1S/C21H28O2/c1-2-3-4-5-6-7-9-14-19-15-12-13-18-21(19)23-22-20-16-10-8-11-17-20/h8,10-13,15-18H,2-7,9,14H2,1H3. The van der Waals surface area contributed by atoms with Crippen LogP contribution in [-0.4, -0.2) is 0 Å². The third-order valence-corrected chi connectivity index (χ3v) is 3.99. The van der Waals surface area contributed by atoms with Gasteiger partial charge in [0.25, 0.3) is 0 Å². The lowest BCUT2D eigenvalue weighted by atomic mass is 10.0. The van der Waals surface area contributed by atoms with Crippen molar-refractivity contribution in [1.82, 2.24) is 0 Å². The fraction of sp³-hybridized carbons (Fsp3) is 0.429. The predicted octanol–water partition coefficient (Wildman–Crippen LogP) is 6.35. The third kappa shape index (κ3) is 6.77. The molecule has 0 aliphatic rings. The van der Waals surface area contributed by atoms with Crippen molar-refractivity contribution in [1.29, 1.82) is 0 Å². The van der Waals surface area contributed by atoms with Crippen LogP contribution in [0.4, 0.5) is 0 Å². The van der Waals surface area contributed by atoms with Crippen LogP contribution in [0.15, 0.2) is 54.6 Å². The molecule has 0 aliphatic carbocycles. The summed E-state index contributed by atoms with van der Waals surface area (Å²) in [6.07, 6.45) is 10.3. The van der Waals surface area contributed by atoms with Crippen LogP contribution < -0.4 is 9.78 Å². The highest BCUT2D eigenvalue weighted by Crippen LogP contribution is 2.22. The summed E-state index contributed by atoms with van der Waals surface area (Å²) in [5.74, 6) is 1.54. The highest BCUT2D eigenvalue weighted by Gasteiger charge is 2.05. The second-order valence-corrected chi connectivity index (χ2v) is 5.96. The number of aryl methyl sites for hydroxylation is 1. The summed E-state index contributed by atoms with van der Waals surface area (Å²) >= 11 is 0. The first-order valence-corrected chi connectivity index (χ1v) is 8.87. The largest absolute Gasteiger partial charge is 0.290 e. The first-order valence-electron chi connectivity index (χ1n) is 8.87. The molecule has 2 heteroatoms. The summed E-state index contributed by atoms with van der Waals surface area (Å²) in [7, 11) is 0. The lowest BCUT2D eigenvalue weighted by Crippen LogP contribution is -2.03. The zero-order chi connectivity index (χ0) is 16.2. The summed E-state index contributed by atoms with van der Waals surface area (Å²) in [6, 6.07) is 17.7. The molecule has 0 atom stereocenters. The van der Waals surface area contributed by atoms with Crippen molar-refractivity contribution in [2.45, 2.75) is 58.3 Å². The maximum atomic E-state index is 5.53. The van der Waals surface area contributed by atoms with Crippen LogP contribution in [0.25, 0.3) is 0 Å². The maximum Gasteiger partial charge on any atom is 0.181 e. The molecule has 124 valence electrons. The zero-order valence-corrected chi connectivity index (χ0v) is 14.2. The summed E-state index contributed by atoms with van der Waals surface area (Å²) in [5, 5.41) is 0. The molecule has 0 amide bonds. The lowest BCUT2D eigenvalue weighted by Gasteiger charge is -2.10. The van der Waals surface area contributed by atoms with E-state index in [1.54, 1.807) is 0 Å². The Morgan fingerprint density at radius 3 is 2.09 bits per heavy atom. The molecule has 0 aliphatic heterocycles. The van der Waals surface area contributed by atoms with Gasteiger partial charge in [-0.25, -0.2) is 0 Å². The molecular weight excluding hydrogens is 284 g/mol. The molecule has 0 radical (unpaired) electrons. The molecule has 2 rings (SSSR count). The Morgan fingerprint density at radius 2 is 1.30 bits per heavy atom. The van der Waals surface area contributed by atoms with Gasteiger partial charge in [0.15, 0.2) is 11.5 Å². The SMILES string of the molecule is CCCCCCCCCc1ccccc1OOc1ccccc1. The summed E-state index contributed by atoms with van der Waals surface area (Å²) in [4.78, 5) is 10.9. The molecular formula is C21H28O2. The number of para-hydroxylation sites is 2. The van der Waals surface area contributed by atoms with Gasteiger partial charge in [-0.1, -0.05) is 81.8 Å². The van der Waals surface area contributed by atoms with Crippen molar-refractivity contribution in [2.24, 2.45) is 0 Å². The normalized spacial score (nSPS) is 10.5. The van der Waals surface area contributed by atoms with E-state index < -0.39 is 0 Å². The van der Waals surface area contributed by atoms with Gasteiger partial charge in [0.2, 0.25) is 0 Å². The molecule has 0 bridgehead atoms. The average Bonchev–Trinajstić information content (AvgIpc) is 2.61. The van der Waals surface area contributed by atoms with E-state index >= 15 is 0 Å². The van der Waals surface area contributed by atoms with Crippen molar-refractivity contribution < 1.29 is 9.78 Å². The molecule has 2 aromatic carbocycles. The van der Waals surface area contributed by atoms with Gasteiger partial charge < -0.3 is 0 Å². The van der Waals surface area contributed by atoms with E-state index in [1.807, 2.05) is 42.5 Å². The van der Waals surface area contributed by atoms with Crippen molar-refractivity contribution in [3.8, 4) is 11.5 Å². The van der Waals surface area contributed by atoms with Gasteiger partial charge in [-0.05, 0) is 36.6 Å². The van der Waals surface area contributed by atoms with Crippen LogP contribution in [-0.2, 0) is 6.42 Å². The number of unbranched alkanes of at least 4 members (excludes halogenated alkanes) is 6. The van der Waals surface area contributed by atoms with Crippen LogP contribution in [0.5, 0.6) is 11.5 Å². The summed E-state index contributed by atoms with van der Waals surface area (Å²) in [6.45, 7) is 2.26. The van der Waals surface area contributed by atoms with E-state index in [0.717, 1.165) is 17.9 Å². The lowest BCUT2D eigenvalue weighted by molar-refractivity contribution is -0.101. The molecule has 2 aromatic rings. The van der Waals surface area contributed by atoms with Crippen molar-refractivity contribution in [3.05, 3.63) is 60.2 Å². The zero-order valence-electron chi connectivity index (χ0n) is 14.2. The van der Waals surface area contributed by atoms with Crippen LogP contribution in [0.3, 0.4) is 0 Å². The number of hydrogen-bond acceptors (Lipinski definition) is 2. The van der Waals surface area contributed by atoms with Crippen LogP contribution in [0.2, 0.25) is 0 Å². The molecule has 0 N–H and O–H groups in total. The molecule has 0 saturated carbocycles. The first-order chi connectivity index (χ1) is 11.4. The monoisotopic (exact) mass is 312 g/mol. The van der Waals surface area contributed by atoms with Gasteiger partial charge in [-0.3, -0.25) is 9.78 Å². The Kier molecular flexibility index (Phi) is 8.10. The van der Waals surface area contributed by atoms with Gasteiger partial charge in [0.1, 0.15) is 0 Å². The number of hydrogen-bond donors (Lipinski definition) is 0. The van der Waals surface area contributed by atoms with E-state index in [-0.39, 0.29) is 0 Å². The van der Waals surface area contributed by atoms with Crippen LogP contribution >= 0.6 is 0 Å². The summed E-state index contributed by atoms with van der Waals surface area (Å²) in [5.41, 5.74) is 1.22. The molecule has 23 heavy (non-hydrogen) atoms. The molecule has 0 spiro atoms. The minimum atomic E-state index is 0.721. The minimum absolute atomic E-state index is 0.721. The number of rotatable bonds is 11. The highest BCUT2D eigenvalue weighted by atomic mass is 17.2. The van der Waals surface area contributed by atoms with E-state index in [9.17, 15) is 0 Å². The van der Waals surface area contributed by atoms with Gasteiger partial charge in [0.05, 0.1) is 0 Å². The topological polar surface area (TPSA) is 18.5 Å². The fourth-order valence-corrected chi connectivity index (χ4v) is 2.63. The smallest absolute Gasteiger partial charge is 0.181 e. The van der Waals surface area contributed by atoms with Gasteiger partial charge in [-0.2, -0.15) is 0 Å². The Balaban J connectivity index is 1.74. The van der Waals surface area contributed by atoms with Crippen LogP contribution in [0.1, 0.15) is 57.4 Å². The Hall–Kier alpha value is -1.96. The van der Waals surface area contributed by atoms with Gasteiger partial charge in [-0.15, -0.1) is 0 Å². The molecule has 0 heterocycles. The Bertz CT molecular complexity index is 537. The van der Waals surface area contributed by atoms with Crippen molar-refractivity contribution in [3.63, 3.8) is 0 Å². The molecule has 0 unspecified atom stereocenters. The molecule has 2 nitrogen and oxygen atoms in total. The van der Waals surface area contributed by atoms with E-state index in [1.165, 1.54) is 50.5 Å².